The normalized spacial score (nSPS) is 13.3. The van der Waals surface area contributed by atoms with Crippen LogP contribution in [0, 0.1) is 0 Å². The second-order valence-corrected chi connectivity index (χ2v) is 7.90. The topological polar surface area (TPSA) is 88.3 Å². The van der Waals surface area contributed by atoms with Crippen molar-refractivity contribution < 1.29 is 14.7 Å². The molecule has 2 amide bonds. The zero-order chi connectivity index (χ0) is 19.8. The van der Waals surface area contributed by atoms with Crippen LogP contribution in [0.1, 0.15) is 27.6 Å². The molecule has 0 spiro atoms. The summed E-state index contributed by atoms with van der Waals surface area (Å²) in [7, 11) is 0. The Morgan fingerprint density at radius 1 is 1.04 bits per heavy atom. The lowest BCUT2D eigenvalue weighted by Crippen LogP contribution is -2.29. The minimum atomic E-state index is -0.305. The highest BCUT2D eigenvalue weighted by molar-refractivity contribution is 9.10. The number of amides is 2. The van der Waals surface area contributed by atoms with Crippen LogP contribution >= 0.6 is 27.7 Å². The third-order valence-electron chi connectivity index (χ3n) is 4.43. The predicted octanol–water partition coefficient (Wildman–Crippen LogP) is 3.78. The lowest BCUT2D eigenvalue weighted by atomic mass is 10.1. The summed E-state index contributed by atoms with van der Waals surface area (Å²) in [4.78, 5) is 26.2. The van der Waals surface area contributed by atoms with E-state index in [0.29, 0.717) is 34.2 Å². The Bertz CT molecular complexity index is 1060. The lowest BCUT2D eigenvalue weighted by molar-refractivity contribution is 0.0684. The van der Waals surface area contributed by atoms with E-state index < -0.39 is 0 Å². The number of carbonyl (C=O) groups is 2. The van der Waals surface area contributed by atoms with Crippen molar-refractivity contribution in [1.29, 1.82) is 0 Å². The number of hydrogen-bond donors (Lipinski definition) is 1. The molecule has 4 rings (SSSR count). The van der Waals surface area contributed by atoms with E-state index in [1.54, 1.807) is 42.5 Å². The van der Waals surface area contributed by atoms with Gasteiger partial charge in [0, 0.05) is 11.0 Å². The van der Waals surface area contributed by atoms with Gasteiger partial charge in [0.1, 0.15) is 5.75 Å². The van der Waals surface area contributed by atoms with Gasteiger partial charge in [-0.2, -0.15) is 0 Å². The molecule has 0 bridgehead atoms. The van der Waals surface area contributed by atoms with E-state index in [1.165, 1.54) is 16.7 Å². The van der Waals surface area contributed by atoms with Crippen LogP contribution in [-0.4, -0.2) is 42.5 Å². The minimum absolute atomic E-state index is 0.0993. The van der Waals surface area contributed by atoms with Gasteiger partial charge >= 0.3 is 0 Å². The molecule has 1 aliphatic rings. The minimum Gasteiger partial charge on any atom is -0.507 e. The number of benzene rings is 2. The summed E-state index contributed by atoms with van der Waals surface area (Å²) in [6, 6.07) is 11.9. The predicted molar refractivity (Wildman–Crippen MR) is 108 cm³/mol. The Kier molecular flexibility index (Phi) is 4.94. The number of halogens is 1. The van der Waals surface area contributed by atoms with Gasteiger partial charge in [-0.05, 0) is 37.3 Å². The summed E-state index contributed by atoms with van der Waals surface area (Å²) < 4.78 is 2.65. The van der Waals surface area contributed by atoms with Crippen LogP contribution in [0.3, 0.4) is 0 Å². The number of aromatic nitrogens is 3. The number of aromatic hydroxyl groups is 1. The van der Waals surface area contributed by atoms with Crippen LogP contribution in [0.4, 0.5) is 0 Å². The monoisotopic (exact) mass is 458 g/mol. The third-order valence-corrected chi connectivity index (χ3v) is 5.87. The number of phenolic OH excluding ortho intramolecular Hbond substituents is 1. The molecule has 1 aromatic heterocycles. The molecule has 1 aliphatic heterocycles. The highest BCUT2D eigenvalue weighted by Gasteiger charge is 2.35. The van der Waals surface area contributed by atoms with Crippen LogP contribution in [-0.2, 0) is 6.54 Å². The largest absolute Gasteiger partial charge is 0.507 e. The fraction of sp³-hybridized carbons (Fsp3) is 0.158. The van der Waals surface area contributed by atoms with Crippen molar-refractivity contribution in [2.24, 2.45) is 0 Å². The van der Waals surface area contributed by atoms with Crippen LogP contribution in [0.2, 0.25) is 0 Å². The average Bonchev–Trinajstić information content (AvgIpc) is 3.21. The number of fused-ring (bicyclic) bond motifs is 1. The Hall–Kier alpha value is -2.65. The van der Waals surface area contributed by atoms with Crippen LogP contribution < -0.4 is 0 Å². The summed E-state index contributed by atoms with van der Waals surface area (Å²) in [5.41, 5.74) is 1.39. The fourth-order valence-electron chi connectivity index (χ4n) is 3.05. The number of imide groups is 1. The highest BCUT2D eigenvalue weighted by Crippen LogP contribution is 2.33. The van der Waals surface area contributed by atoms with Crippen molar-refractivity contribution in [2.45, 2.75) is 18.6 Å². The molecule has 0 saturated heterocycles. The quantitative estimate of drug-likeness (QED) is 0.462. The summed E-state index contributed by atoms with van der Waals surface area (Å²) in [6.45, 7) is 2.51. The number of phenols is 1. The molecule has 7 nitrogen and oxygen atoms in total. The van der Waals surface area contributed by atoms with Crippen LogP contribution in [0.15, 0.2) is 52.1 Å². The van der Waals surface area contributed by atoms with Crippen molar-refractivity contribution in [2.75, 3.05) is 5.88 Å². The van der Waals surface area contributed by atoms with Gasteiger partial charge in [-0.3, -0.25) is 14.5 Å². The molecule has 3 aromatic rings. The first-order valence-electron chi connectivity index (χ1n) is 8.51. The summed E-state index contributed by atoms with van der Waals surface area (Å²) >= 11 is 4.65. The van der Waals surface area contributed by atoms with E-state index in [2.05, 4.69) is 26.1 Å². The molecular weight excluding hydrogens is 444 g/mol. The van der Waals surface area contributed by atoms with Crippen molar-refractivity contribution in [1.82, 2.24) is 19.7 Å². The molecule has 1 N–H and O–H groups in total. The van der Waals surface area contributed by atoms with E-state index in [4.69, 9.17) is 0 Å². The standard InChI is InChI=1S/C19H15BrN4O3S/c1-2-23-16(14-9-11(20)7-8-15(14)25)21-22-19(23)28-10-24-17(26)12-5-3-4-6-13(12)18(24)27/h3-9,25H,2,10H2,1H3. The van der Waals surface area contributed by atoms with Gasteiger partial charge in [0.15, 0.2) is 11.0 Å². The van der Waals surface area contributed by atoms with Crippen molar-refractivity contribution >= 4 is 39.5 Å². The second kappa shape index (κ2) is 7.40. The molecule has 0 fully saturated rings. The summed E-state index contributed by atoms with van der Waals surface area (Å²) in [5, 5.41) is 19.1. The van der Waals surface area contributed by atoms with Gasteiger partial charge in [-0.25, -0.2) is 0 Å². The van der Waals surface area contributed by atoms with E-state index in [-0.39, 0.29) is 23.4 Å². The molecule has 9 heteroatoms. The molecule has 2 heterocycles. The summed E-state index contributed by atoms with van der Waals surface area (Å²) in [5.74, 6) is 0.143. The first-order chi connectivity index (χ1) is 13.5. The molecule has 142 valence electrons. The van der Waals surface area contributed by atoms with E-state index in [9.17, 15) is 14.7 Å². The first kappa shape index (κ1) is 18.7. The van der Waals surface area contributed by atoms with Gasteiger partial charge in [-0.1, -0.05) is 39.8 Å². The zero-order valence-electron chi connectivity index (χ0n) is 14.8. The van der Waals surface area contributed by atoms with Gasteiger partial charge in [-0.15, -0.1) is 10.2 Å². The molecule has 0 unspecified atom stereocenters. The van der Waals surface area contributed by atoms with Crippen LogP contribution in [0.25, 0.3) is 11.4 Å². The Morgan fingerprint density at radius 3 is 2.36 bits per heavy atom. The number of nitrogens with zero attached hydrogens (tertiary/aromatic N) is 4. The maximum atomic E-state index is 12.5. The van der Waals surface area contributed by atoms with Crippen molar-refractivity contribution in [3.05, 3.63) is 58.1 Å². The van der Waals surface area contributed by atoms with Gasteiger partial charge in [0.2, 0.25) is 0 Å². The van der Waals surface area contributed by atoms with Crippen molar-refractivity contribution in [3.63, 3.8) is 0 Å². The van der Waals surface area contributed by atoms with Gasteiger partial charge < -0.3 is 9.67 Å². The second-order valence-electron chi connectivity index (χ2n) is 6.07. The van der Waals surface area contributed by atoms with E-state index in [0.717, 1.165) is 4.47 Å². The zero-order valence-corrected chi connectivity index (χ0v) is 17.2. The number of rotatable bonds is 5. The fourth-order valence-corrected chi connectivity index (χ4v) is 4.36. The molecule has 2 aromatic carbocycles. The number of thioether (sulfide) groups is 1. The van der Waals surface area contributed by atoms with Crippen LogP contribution in [0.5, 0.6) is 5.75 Å². The molecule has 0 atom stereocenters. The maximum absolute atomic E-state index is 12.5. The number of carbonyl (C=O) groups excluding carboxylic acids is 2. The molecule has 0 saturated carbocycles. The highest BCUT2D eigenvalue weighted by atomic mass is 79.9. The Labute approximate surface area is 173 Å². The number of hydrogen-bond acceptors (Lipinski definition) is 6. The average molecular weight is 459 g/mol. The molecular formula is C19H15BrN4O3S. The third kappa shape index (κ3) is 3.10. The maximum Gasteiger partial charge on any atom is 0.262 e. The first-order valence-corrected chi connectivity index (χ1v) is 10.3. The molecule has 0 aliphatic carbocycles. The summed E-state index contributed by atoms with van der Waals surface area (Å²) in [6.07, 6.45) is 0. The Morgan fingerprint density at radius 2 is 1.71 bits per heavy atom. The molecule has 28 heavy (non-hydrogen) atoms. The van der Waals surface area contributed by atoms with Gasteiger partial charge in [0.05, 0.1) is 22.6 Å². The molecule has 0 radical (unpaired) electrons. The van der Waals surface area contributed by atoms with E-state index >= 15 is 0 Å². The van der Waals surface area contributed by atoms with Crippen molar-refractivity contribution in [3.8, 4) is 17.1 Å². The van der Waals surface area contributed by atoms with Gasteiger partial charge in [0.25, 0.3) is 11.8 Å². The Balaban J connectivity index is 1.59. The van der Waals surface area contributed by atoms with E-state index in [1.807, 2.05) is 11.5 Å². The lowest BCUT2D eigenvalue weighted by Gasteiger charge is -2.13. The smallest absolute Gasteiger partial charge is 0.262 e. The SMILES string of the molecule is CCn1c(SCN2C(=O)c3ccccc3C2=O)nnc1-c1cc(Br)ccc1O.